The highest BCUT2D eigenvalue weighted by atomic mass is 16.6. The minimum atomic E-state index is -0.792. The maximum absolute atomic E-state index is 12.9. The van der Waals surface area contributed by atoms with Gasteiger partial charge in [0.2, 0.25) is 0 Å². The standard InChI is InChI=1S/C64H110O6/c1-4-7-10-13-16-19-22-25-28-30-32-34-36-39-42-45-48-51-54-57-63(66)69-60-61(59-68-62(65)56-53-50-47-44-41-38-27-24-21-18-15-12-9-6-3)70-64(67)58-55-52-49-46-43-40-37-35-33-31-29-26-23-20-17-14-11-8-5-2/h7,10,16-17,19-20,25-26,28-29,32,34,39,42,61H,4-6,8-9,11-15,18,21-24,27,30-31,33,35-38,40-41,43-60H2,1-3H3/b10-7+,19-16+,20-17+,28-25+,29-26+,34-32+,42-39+/t61-/m1/s1. The number of ether oxygens (including phenoxy) is 3. The van der Waals surface area contributed by atoms with Crippen LogP contribution in [0.5, 0.6) is 0 Å². The lowest BCUT2D eigenvalue weighted by atomic mass is 10.0. The summed E-state index contributed by atoms with van der Waals surface area (Å²) in [5, 5.41) is 0. The molecule has 0 aromatic carbocycles. The summed E-state index contributed by atoms with van der Waals surface area (Å²) in [7, 11) is 0. The van der Waals surface area contributed by atoms with Crippen molar-refractivity contribution < 1.29 is 28.6 Å². The molecule has 0 aliphatic carbocycles. The van der Waals surface area contributed by atoms with Gasteiger partial charge in [0.15, 0.2) is 6.10 Å². The highest BCUT2D eigenvalue weighted by molar-refractivity contribution is 5.71. The molecule has 0 N–H and O–H groups in total. The van der Waals surface area contributed by atoms with Crippen molar-refractivity contribution in [3.63, 3.8) is 0 Å². The first kappa shape index (κ1) is 66.6. The summed E-state index contributed by atoms with van der Waals surface area (Å²) in [5.74, 6) is -0.916. The fourth-order valence-electron chi connectivity index (χ4n) is 8.21. The monoisotopic (exact) mass is 975 g/mol. The summed E-state index contributed by atoms with van der Waals surface area (Å²) in [5.41, 5.74) is 0. The van der Waals surface area contributed by atoms with Gasteiger partial charge >= 0.3 is 17.9 Å². The maximum atomic E-state index is 12.9. The molecule has 0 aliphatic rings. The number of carbonyl (C=O) groups excluding carboxylic acids is 3. The SMILES string of the molecule is CC/C=C/C/C=C/C/C=C/C/C=C/C/C=C/CCCCCC(=O)OC[C@@H](COC(=O)CCCCCCCCCCCCCCCC)OC(=O)CCCCCCCCCCC/C=C/C/C=C/CCCCC. The Hall–Kier alpha value is -3.41. The first-order valence-electron chi connectivity index (χ1n) is 29.6. The highest BCUT2D eigenvalue weighted by Gasteiger charge is 2.19. The molecule has 0 saturated heterocycles. The molecule has 0 heterocycles. The van der Waals surface area contributed by atoms with Crippen LogP contribution in [0.2, 0.25) is 0 Å². The molecule has 0 aliphatic heterocycles. The molecule has 0 aromatic heterocycles. The Morgan fingerprint density at radius 2 is 0.557 bits per heavy atom. The molecule has 70 heavy (non-hydrogen) atoms. The molecule has 0 rings (SSSR count). The molecule has 0 fully saturated rings. The summed E-state index contributed by atoms with van der Waals surface area (Å²) < 4.78 is 16.9. The van der Waals surface area contributed by atoms with E-state index in [0.29, 0.717) is 19.3 Å². The van der Waals surface area contributed by atoms with Gasteiger partial charge in [-0.2, -0.15) is 0 Å². The van der Waals surface area contributed by atoms with E-state index >= 15 is 0 Å². The first-order chi connectivity index (χ1) is 34.5. The van der Waals surface area contributed by atoms with Crippen molar-refractivity contribution >= 4 is 17.9 Å². The number of hydrogen-bond donors (Lipinski definition) is 0. The quantitative estimate of drug-likeness (QED) is 0.0261. The number of rotatable bonds is 53. The maximum Gasteiger partial charge on any atom is 0.306 e. The zero-order valence-corrected chi connectivity index (χ0v) is 46.0. The van der Waals surface area contributed by atoms with Gasteiger partial charge in [0.1, 0.15) is 13.2 Å². The second-order valence-corrected chi connectivity index (χ2v) is 19.5. The molecule has 6 heteroatoms. The Kier molecular flexibility index (Phi) is 55.3. The van der Waals surface area contributed by atoms with Crippen LogP contribution in [0.15, 0.2) is 85.1 Å². The summed E-state index contributed by atoms with van der Waals surface area (Å²) >= 11 is 0. The van der Waals surface area contributed by atoms with E-state index in [9.17, 15) is 14.4 Å². The molecule has 0 radical (unpaired) electrons. The zero-order valence-electron chi connectivity index (χ0n) is 46.0. The fourth-order valence-corrected chi connectivity index (χ4v) is 8.21. The van der Waals surface area contributed by atoms with Crippen LogP contribution < -0.4 is 0 Å². The molecule has 6 nitrogen and oxygen atoms in total. The zero-order chi connectivity index (χ0) is 50.7. The molecule has 402 valence electrons. The van der Waals surface area contributed by atoms with Crippen molar-refractivity contribution in [3.05, 3.63) is 85.1 Å². The van der Waals surface area contributed by atoms with Crippen LogP contribution in [0.1, 0.15) is 284 Å². The van der Waals surface area contributed by atoms with E-state index in [0.717, 1.165) is 103 Å². The molecule has 1 atom stereocenters. The Balaban J connectivity index is 4.43. The van der Waals surface area contributed by atoms with Gasteiger partial charge < -0.3 is 14.2 Å². The van der Waals surface area contributed by atoms with Crippen molar-refractivity contribution in [1.29, 1.82) is 0 Å². The second kappa shape index (κ2) is 58.2. The predicted octanol–water partition coefficient (Wildman–Crippen LogP) is 19.9. The number of carbonyl (C=O) groups is 3. The summed E-state index contributed by atoms with van der Waals surface area (Å²) in [6.07, 6.45) is 75.7. The van der Waals surface area contributed by atoms with Gasteiger partial charge in [-0.3, -0.25) is 14.4 Å². The average Bonchev–Trinajstić information content (AvgIpc) is 3.36. The Labute approximate surface area is 433 Å². The average molecular weight is 976 g/mol. The van der Waals surface area contributed by atoms with Crippen LogP contribution in [0, 0.1) is 0 Å². The van der Waals surface area contributed by atoms with Gasteiger partial charge in [0.05, 0.1) is 0 Å². The van der Waals surface area contributed by atoms with Crippen LogP contribution in [-0.2, 0) is 28.6 Å². The molecule has 0 unspecified atom stereocenters. The molecular formula is C64H110O6. The third kappa shape index (κ3) is 55.5. The molecule has 0 amide bonds. The van der Waals surface area contributed by atoms with Gasteiger partial charge in [-0.1, -0.05) is 254 Å². The Morgan fingerprint density at radius 1 is 0.300 bits per heavy atom. The Morgan fingerprint density at radius 3 is 0.914 bits per heavy atom. The van der Waals surface area contributed by atoms with E-state index in [1.807, 2.05) is 0 Å². The lowest BCUT2D eigenvalue weighted by molar-refractivity contribution is -0.167. The third-order valence-corrected chi connectivity index (χ3v) is 12.6. The van der Waals surface area contributed by atoms with Gasteiger partial charge in [-0.25, -0.2) is 0 Å². The minimum Gasteiger partial charge on any atom is -0.462 e. The topological polar surface area (TPSA) is 78.9 Å². The number of allylic oxidation sites excluding steroid dienone is 14. The summed E-state index contributed by atoms with van der Waals surface area (Å²) in [4.78, 5) is 38.2. The highest BCUT2D eigenvalue weighted by Crippen LogP contribution is 2.16. The lowest BCUT2D eigenvalue weighted by Gasteiger charge is -2.18. The summed E-state index contributed by atoms with van der Waals surface area (Å²) in [6, 6.07) is 0. The normalized spacial score (nSPS) is 12.7. The van der Waals surface area contributed by atoms with Crippen molar-refractivity contribution in [3.8, 4) is 0 Å². The van der Waals surface area contributed by atoms with E-state index < -0.39 is 6.10 Å². The predicted molar refractivity (Wildman–Crippen MR) is 302 cm³/mol. The van der Waals surface area contributed by atoms with Crippen LogP contribution in [0.3, 0.4) is 0 Å². The molecule has 0 bridgehead atoms. The number of unbranched alkanes of at least 4 members (excludes halogenated alkanes) is 28. The number of hydrogen-bond acceptors (Lipinski definition) is 6. The van der Waals surface area contributed by atoms with Gasteiger partial charge in [-0.05, 0) is 96.3 Å². The lowest BCUT2D eigenvalue weighted by Crippen LogP contribution is -2.30. The van der Waals surface area contributed by atoms with Crippen LogP contribution in [0.4, 0.5) is 0 Å². The van der Waals surface area contributed by atoms with Crippen LogP contribution in [-0.4, -0.2) is 37.2 Å². The third-order valence-electron chi connectivity index (χ3n) is 12.6. The largest absolute Gasteiger partial charge is 0.462 e. The van der Waals surface area contributed by atoms with Gasteiger partial charge in [0, 0.05) is 19.3 Å². The van der Waals surface area contributed by atoms with Crippen molar-refractivity contribution in [2.45, 2.75) is 290 Å². The van der Waals surface area contributed by atoms with E-state index in [2.05, 4.69) is 106 Å². The Bertz CT molecular complexity index is 1350. The minimum absolute atomic E-state index is 0.0868. The van der Waals surface area contributed by atoms with Crippen molar-refractivity contribution in [2.75, 3.05) is 13.2 Å². The van der Waals surface area contributed by atoms with Crippen LogP contribution in [0.25, 0.3) is 0 Å². The van der Waals surface area contributed by atoms with Gasteiger partial charge in [-0.15, -0.1) is 0 Å². The van der Waals surface area contributed by atoms with E-state index in [1.54, 1.807) is 0 Å². The van der Waals surface area contributed by atoms with Crippen LogP contribution >= 0.6 is 0 Å². The second-order valence-electron chi connectivity index (χ2n) is 19.5. The molecule has 0 spiro atoms. The smallest absolute Gasteiger partial charge is 0.306 e. The van der Waals surface area contributed by atoms with Crippen molar-refractivity contribution in [2.24, 2.45) is 0 Å². The van der Waals surface area contributed by atoms with E-state index in [1.165, 1.54) is 141 Å². The fraction of sp³-hybridized carbons (Fsp3) is 0.734. The van der Waals surface area contributed by atoms with E-state index in [4.69, 9.17) is 14.2 Å². The van der Waals surface area contributed by atoms with Gasteiger partial charge in [0.25, 0.3) is 0 Å². The molecular weight excluding hydrogens is 865 g/mol. The number of esters is 3. The molecule has 0 aromatic rings. The van der Waals surface area contributed by atoms with Crippen molar-refractivity contribution in [1.82, 2.24) is 0 Å². The van der Waals surface area contributed by atoms with E-state index in [-0.39, 0.29) is 31.1 Å². The molecule has 0 saturated carbocycles. The summed E-state index contributed by atoms with van der Waals surface area (Å²) in [6.45, 7) is 6.49. The first-order valence-corrected chi connectivity index (χ1v) is 29.6.